The van der Waals surface area contributed by atoms with Crippen molar-refractivity contribution in [2.45, 2.75) is 31.6 Å². The van der Waals surface area contributed by atoms with Crippen LogP contribution in [0.2, 0.25) is 0 Å². The molecule has 0 saturated carbocycles. The third-order valence-corrected chi connectivity index (χ3v) is 5.02. The summed E-state index contributed by atoms with van der Waals surface area (Å²) in [6.07, 6.45) is 9.42. The van der Waals surface area contributed by atoms with E-state index in [2.05, 4.69) is 31.1 Å². The number of hydrogen-bond acceptors (Lipinski definition) is 5. The van der Waals surface area contributed by atoms with E-state index in [1.165, 1.54) is 5.69 Å². The van der Waals surface area contributed by atoms with Crippen LogP contribution in [0, 0.1) is 0 Å². The summed E-state index contributed by atoms with van der Waals surface area (Å²) in [4.78, 5) is 25.4. The Morgan fingerprint density at radius 1 is 1.12 bits per heavy atom. The number of nitrogens with zero attached hydrogens (tertiary/aromatic N) is 5. The molecule has 2 fully saturated rings. The van der Waals surface area contributed by atoms with Crippen LogP contribution >= 0.6 is 0 Å². The van der Waals surface area contributed by atoms with E-state index in [1.807, 2.05) is 4.90 Å². The average Bonchev–Trinajstić information content (AvgIpc) is 3.35. The molecule has 7 heteroatoms. The van der Waals surface area contributed by atoms with Gasteiger partial charge in [-0.3, -0.25) is 14.9 Å². The minimum Gasteiger partial charge on any atom is -0.355 e. The first kappa shape index (κ1) is 15.1. The zero-order valence-electron chi connectivity index (χ0n) is 13.7. The molecule has 2 aliphatic heterocycles. The third kappa shape index (κ3) is 2.98. The Kier molecular flexibility index (Phi) is 4.15. The first-order chi connectivity index (χ1) is 11.8. The standard InChI is InChI=1S/C17H22N6O/c24-17(23-7-1-2-8-23)15-11-18-12-16(20-15)22-9-4-13(5-10-22)14-3-6-19-21-14/h3,6,11-13H,1-2,4-5,7-10H2,(H,19,21). The number of hydrogen-bond donors (Lipinski definition) is 1. The van der Waals surface area contributed by atoms with Crippen LogP contribution in [0.25, 0.3) is 0 Å². The molecule has 2 saturated heterocycles. The number of nitrogens with one attached hydrogen (secondary N) is 1. The summed E-state index contributed by atoms with van der Waals surface area (Å²) in [6.45, 7) is 3.50. The minimum absolute atomic E-state index is 0.00851. The van der Waals surface area contributed by atoms with Crippen molar-refractivity contribution in [2.24, 2.45) is 0 Å². The lowest BCUT2D eigenvalue weighted by Crippen LogP contribution is -2.34. The molecule has 126 valence electrons. The van der Waals surface area contributed by atoms with E-state index in [0.717, 1.165) is 57.7 Å². The van der Waals surface area contributed by atoms with Crippen molar-refractivity contribution in [3.8, 4) is 0 Å². The second-order valence-corrected chi connectivity index (χ2v) is 6.54. The maximum atomic E-state index is 12.5. The highest BCUT2D eigenvalue weighted by molar-refractivity contribution is 5.92. The van der Waals surface area contributed by atoms with Gasteiger partial charge in [-0.25, -0.2) is 4.98 Å². The van der Waals surface area contributed by atoms with Crippen LogP contribution in [-0.2, 0) is 0 Å². The lowest BCUT2D eigenvalue weighted by molar-refractivity contribution is 0.0786. The molecule has 0 radical (unpaired) electrons. The molecule has 0 bridgehead atoms. The monoisotopic (exact) mass is 326 g/mol. The minimum atomic E-state index is 0.00851. The Bertz CT molecular complexity index is 687. The summed E-state index contributed by atoms with van der Waals surface area (Å²) < 4.78 is 0. The number of carbonyl (C=O) groups is 1. The summed E-state index contributed by atoms with van der Waals surface area (Å²) in [5.41, 5.74) is 1.67. The summed E-state index contributed by atoms with van der Waals surface area (Å²) in [6, 6.07) is 2.05. The fraction of sp³-hybridized carbons (Fsp3) is 0.529. The number of piperidine rings is 1. The van der Waals surface area contributed by atoms with Crippen molar-refractivity contribution in [1.82, 2.24) is 25.1 Å². The van der Waals surface area contributed by atoms with Gasteiger partial charge in [0.15, 0.2) is 0 Å². The number of anilines is 1. The van der Waals surface area contributed by atoms with Crippen molar-refractivity contribution in [3.63, 3.8) is 0 Å². The summed E-state index contributed by atoms with van der Waals surface area (Å²) in [5.74, 6) is 1.34. The van der Waals surface area contributed by atoms with E-state index >= 15 is 0 Å². The van der Waals surface area contributed by atoms with Gasteiger partial charge >= 0.3 is 0 Å². The molecular weight excluding hydrogens is 304 g/mol. The van der Waals surface area contributed by atoms with Crippen LogP contribution in [0.3, 0.4) is 0 Å². The highest BCUT2D eigenvalue weighted by Crippen LogP contribution is 2.28. The largest absolute Gasteiger partial charge is 0.355 e. The Morgan fingerprint density at radius 2 is 1.92 bits per heavy atom. The fourth-order valence-corrected chi connectivity index (χ4v) is 3.61. The number of likely N-dealkylation sites (tertiary alicyclic amines) is 1. The van der Waals surface area contributed by atoms with Gasteiger partial charge in [0.25, 0.3) is 5.91 Å². The zero-order valence-corrected chi connectivity index (χ0v) is 13.7. The molecular formula is C17H22N6O. The first-order valence-corrected chi connectivity index (χ1v) is 8.67. The summed E-state index contributed by atoms with van der Waals surface area (Å²) in [7, 11) is 0. The Morgan fingerprint density at radius 3 is 2.62 bits per heavy atom. The van der Waals surface area contributed by atoms with Crippen LogP contribution in [0.15, 0.2) is 24.7 Å². The molecule has 2 aromatic heterocycles. The number of rotatable bonds is 3. The van der Waals surface area contributed by atoms with Gasteiger partial charge < -0.3 is 9.80 Å². The molecule has 2 aromatic rings. The van der Waals surface area contributed by atoms with Crippen molar-refractivity contribution in [1.29, 1.82) is 0 Å². The van der Waals surface area contributed by atoms with E-state index < -0.39 is 0 Å². The first-order valence-electron chi connectivity index (χ1n) is 8.67. The van der Waals surface area contributed by atoms with Crippen molar-refractivity contribution in [3.05, 3.63) is 36.0 Å². The normalized spacial score (nSPS) is 19.0. The second kappa shape index (κ2) is 6.59. The van der Waals surface area contributed by atoms with Crippen molar-refractivity contribution < 1.29 is 4.79 Å². The highest BCUT2D eigenvalue weighted by atomic mass is 16.2. The number of aromatic nitrogens is 4. The third-order valence-electron chi connectivity index (χ3n) is 5.02. The van der Waals surface area contributed by atoms with Gasteiger partial charge in [-0.2, -0.15) is 5.10 Å². The Balaban J connectivity index is 1.43. The SMILES string of the molecule is O=C(c1cncc(N2CCC(c3ccn[nH]3)CC2)n1)N1CCCC1. The molecule has 24 heavy (non-hydrogen) atoms. The molecule has 0 unspecified atom stereocenters. The molecule has 1 amide bonds. The zero-order chi connectivity index (χ0) is 16.4. The van der Waals surface area contributed by atoms with Gasteiger partial charge in [0.1, 0.15) is 11.5 Å². The maximum Gasteiger partial charge on any atom is 0.274 e. The molecule has 1 N–H and O–H groups in total. The molecule has 0 atom stereocenters. The van der Waals surface area contributed by atoms with Gasteiger partial charge in [-0.05, 0) is 31.7 Å². The van der Waals surface area contributed by atoms with E-state index in [4.69, 9.17) is 0 Å². The molecule has 7 nitrogen and oxygen atoms in total. The molecule has 4 heterocycles. The van der Waals surface area contributed by atoms with Crippen LogP contribution in [0.4, 0.5) is 5.82 Å². The quantitative estimate of drug-likeness (QED) is 0.931. The second-order valence-electron chi connectivity index (χ2n) is 6.54. The van der Waals surface area contributed by atoms with Gasteiger partial charge in [-0.15, -0.1) is 0 Å². The van der Waals surface area contributed by atoms with E-state index in [9.17, 15) is 4.79 Å². The van der Waals surface area contributed by atoms with E-state index in [-0.39, 0.29) is 5.91 Å². The molecule has 0 aliphatic carbocycles. The Hall–Kier alpha value is -2.44. The van der Waals surface area contributed by atoms with Crippen molar-refractivity contribution >= 4 is 11.7 Å². The molecule has 2 aliphatic rings. The highest BCUT2D eigenvalue weighted by Gasteiger charge is 2.25. The van der Waals surface area contributed by atoms with Gasteiger partial charge in [0.2, 0.25) is 0 Å². The topological polar surface area (TPSA) is 78.0 Å². The van der Waals surface area contributed by atoms with Crippen LogP contribution in [0.1, 0.15) is 47.8 Å². The van der Waals surface area contributed by atoms with Crippen LogP contribution in [-0.4, -0.2) is 57.2 Å². The van der Waals surface area contributed by atoms with Crippen LogP contribution in [0.5, 0.6) is 0 Å². The summed E-state index contributed by atoms with van der Waals surface area (Å²) in [5, 5.41) is 7.11. The number of H-pyrrole nitrogens is 1. The van der Waals surface area contributed by atoms with Crippen LogP contribution < -0.4 is 4.90 Å². The van der Waals surface area contributed by atoms with Gasteiger partial charge in [-0.1, -0.05) is 0 Å². The molecule has 0 spiro atoms. The average molecular weight is 326 g/mol. The lowest BCUT2D eigenvalue weighted by atomic mass is 9.94. The fourth-order valence-electron chi connectivity index (χ4n) is 3.61. The number of amides is 1. The van der Waals surface area contributed by atoms with E-state index in [0.29, 0.717) is 11.6 Å². The molecule has 0 aromatic carbocycles. The van der Waals surface area contributed by atoms with E-state index in [1.54, 1.807) is 18.6 Å². The molecule has 4 rings (SSSR count). The predicted molar refractivity (Wildman–Crippen MR) is 89.9 cm³/mol. The van der Waals surface area contributed by atoms with Gasteiger partial charge in [0, 0.05) is 44.0 Å². The summed E-state index contributed by atoms with van der Waals surface area (Å²) >= 11 is 0. The Labute approximate surface area is 141 Å². The van der Waals surface area contributed by atoms with Crippen molar-refractivity contribution in [2.75, 3.05) is 31.1 Å². The number of carbonyl (C=O) groups excluding carboxylic acids is 1. The lowest BCUT2D eigenvalue weighted by Gasteiger charge is -2.32. The van der Waals surface area contributed by atoms with Gasteiger partial charge in [0.05, 0.1) is 12.4 Å². The predicted octanol–water partition coefficient (Wildman–Crippen LogP) is 1.82. The smallest absolute Gasteiger partial charge is 0.274 e. The number of aromatic amines is 1. The maximum absolute atomic E-state index is 12.5.